The molecular weight excluding hydrogens is 290 g/mol. The van der Waals surface area contributed by atoms with Crippen molar-refractivity contribution < 1.29 is 18.3 Å². The predicted octanol–water partition coefficient (Wildman–Crippen LogP) is 3.82. The molecule has 0 heterocycles. The molecule has 0 aromatic heterocycles. The standard InChI is InChI=1S/C16H24F2N2O2/c1-11(14(17)18)19-10-9-12-5-7-13(8-6-12)20-15(21)22-16(2,3)4/h5-8,11,14,19H,9-10H2,1-4H3,(H,20,21). The molecule has 1 aromatic rings. The van der Waals surface area contributed by atoms with E-state index in [1.165, 1.54) is 6.92 Å². The summed E-state index contributed by atoms with van der Waals surface area (Å²) in [6, 6.07) is 6.40. The quantitative estimate of drug-likeness (QED) is 0.839. The number of hydrogen-bond donors (Lipinski definition) is 2. The van der Waals surface area contributed by atoms with Crippen LogP contribution in [0.5, 0.6) is 0 Å². The molecule has 1 rings (SSSR count). The number of carbonyl (C=O) groups is 1. The largest absolute Gasteiger partial charge is 0.444 e. The van der Waals surface area contributed by atoms with E-state index in [4.69, 9.17) is 4.74 Å². The molecule has 2 N–H and O–H groups in total. The SMILES string of the molecule is CC(NCCc1ccc(NC(=O)OC(C)(C)C)cc1)C(F)F. The van der Waals surface area contributed by atoms with Gasteiger partial charge < -0.3 is 10.1 Å². The molecular formula is C16H24F2N2O2. The van der Waals surface area contributed by atoms with Crippen LogP contribution in [0.25, 0.3) is 0 Å². The molecule has 0 saturated carbocycles. The molecule has 0 fully saturated rings. The van der Waals surface area contributed by atoms with E-state index in [0.29, 0.717) is 18.7 Å². The van der Waals surface area contributed by atoms with Crippen LogP contribution in [0.4, 0.5) is 19.3 Å². The fraction of sp³-hybridized carbons (Fsp3) is 0.562. The molecule has 0 aliphatic rings. The number of anilines is 1. The van der Waals surface area contributed by atoms with E-state index in [1.54, 1.807) is 32.9 Å². The second kappa shape index (κ2) is 8.08. The number of alkyl halides is 2. The van der Waals surface area contributed by atoms with Gasteiger partial charge in [-0.05, 0) is 58.4 Å². The fourth-order valence-electron chi connectivity index (χ4n) is 1.71. The molecule has 1 unspecified atom stereocenters. The van der Waals surface area contributed by atoms with Crippen molar-refractivity contribution >= 4 is 11.8 Å². The van der Waals surface area contributed by atoms with Crippen molar-refractivity contribution in [3.8, 4) is 0 Å². The van der Waals surface area contributed by atoms with Crippen LogP contribution in [0, 0.1) is 0 Å². The number of nitrogens with one attached hydrogen (secondary N) is 2. The second-order valence-electron chi connectivity index (χ2n) is 6.15. The van der Waals surface area contributed by atoms with Crippen molar-refractivity contribution in [1.29, 1.82) is 0 Å². The topological polar surface area (TPSA) is 50.4 Å². The van der Waals surface area contributed by atoms with Gasteiger partial charge in [0.1, 0.15) is 5.60 Å². The van der Waals surface area contributed by atoms with E-state index in [2.05, 4.69) is 10.6 Å². The third-order valence-electron chi connectivity index (χ3n) is 2.86. The summed E-state index contributed by atoms with van der Waals surface area (Å²) in [7, 11) is 0. The molecule has 0 aliphatic carbocycles. The van der Waals surface area contributed by atoms with Gasteiger partial charge in [0.05, 0.1) is 6.04 Å². The third-order valence-corrected chi connectivity index (χ3v) is 2.86. The van der Waals surface area contributed by atoms with E-state index >= 15 is 0 Å². The normalized spacial score (nSPS) is 13.0. The number of ether oxygens (including phenoxy) is 1. The van der Waals surface area contributed by atoms with Crippen LogP contribution < -0.4 is 10.6 Å². The maximum atomic E-state index is 12.3. The molecule has 1 amide bonds. The van der Waals surface area contributed by atoms with Crippen LogP contribution in [0.2, 0.25) is 0 Å². The molecule has 1 atom stereocenters. The van der Waals surface area contributed by atoms with Gasteiger partial charge in [0.25, 0.3) is 6.43 Å². The summed E-state index contributed by atoms with van der Waals surface area (Å²) in [6.45, 7) is 7.32. The lowest BCUT2D eigenvalue weighted by Crippen LogP contribution is -2.33. The molecule has 0 spiro atoms. The Morgan fingerprint density at radius 2 is 1.82 bits per heavy atom. The molecule has 0 radical (unpaired) electrons. The maximum absolute atomic E-state index is 12.3. The summed E-state index contributed by atoms with van der Waals surface area (Å²) in [6.07, 6.45) is -2.22. The van der Waals surface area contributed by atoms with Gasteiger partial charge >= 0.3 is 6.09 Å². The van der Waals surface area contributed by atoms with Crippen LogP contribution in [-0.2, 0) is 11.2 Å². The van der Waals surface area contributed by atoms with Gasteiger partial charge in [0.15, 0.2) is 0 Å². The van der Waals surface area contributed by atoms with Crippen LogP contribution in [0.15, 0.2) is 24.3 Å². The Balaban J connectivity index is 2.41. The van der Waals surface area contributed by atoms with Crippen molar-refractivity contribution in [2.24, 2.45) is 0 Å². The van der Waals surface area contributed by atoms with Gasteiger partial charge in [-0.1, -0.05) is 12.1 Å². The Morgan fingerprint density at radius 3 is 2.32 bits per heavy atom. The highest BCUT2D eigenvalue weighted by atomic mass is 19.3. The lowest BCUT2D eigenvalue weighted by atomic mass is 10.1. The summed E-state index contributed by atoms with van der Waals surface area (Å²) in [5, 5.41) is 5.40. The molecule has 22 heavy (non-hydrogen) atoms. The van der Waals surface area contributed by atoms with Crippen LogP contribution in [0.1, 0.15) is 33.3 Å². The number of rotatable bonds is 6. The zero-order valence-electron chi connectivity index (χ0n) is 13.5. The number of carbonyl (C=O) groups excluding carboxylic acids is 1. The Hall–Kier alpha value is -1.69. The van der Waals surface area contributed by atoms with E-state index < -0.39 is 24.2 Å². The van der Waals surface area contributed by atoms with Crippen LogP contribution >= 0.6 is 0 Å². The third kappa shape index (κ3) is 7.36. The van der Waals surface area contributed by atoms with Gasteiger partial charge in [0, 0.05) is 5.69 Å². The summed E-state index contributed by atoms with van der Waals surface area (Å²) in [4.78, 5) is 11.6. The lowest BCUT2D eigenvalue weighted by molar-refractivity contribution is 0.0636. The number of amides is 1. The van der Waals surface area contributed by atoms with E-state index in [-0.39, 0.29) is 0 Å². The lowest BCUT2D eigenvalue weighted by Gasteiger charge is -2.19. The van der Waals surface area contributed by atoms with Gasteiger partial charge in [-0.3, -0.25) is 5.32 Å². The summed E-state index contributed by atoms with van der Waals surface area (Å²) in [5.74, 6) is 0. The summed E-state index contributed by atoms with van der Waals surface area (Å²) in [5.41, 5.74) is 1.09. The van der Waals surface area contributed by atoms with Crippen molar-refractivity contribution in [1.82, 2.24) is 5.32 Å². The Labute approximate surface area is 130 Å². The highest BCUT2D eigenvalue weighted by molar-refractivity contribution is 5.84. The van der Waals surface area contributed by atoms with Crippen molar-refractivity contribution in [3.05, 3.63) is 29.8 Å². The molecule has 6 heteroatoms. The van der Waals surface area contributed by atoms with Gasteiger partial charge in [0.2, 0.25) is 0 Å². The zero-order valence-corrected chi connectivity index (χ0v) is 13.5. The number of halogens is 2. The van der Waals surface area contributed by atoms with E-state index in [1.807, 2.05) is 12.1 Å². The van der Waals surface area contributed by atoms with Crippen molar-refractivity contribution in [2.45, 2.75) is 52.2 Å². The molecule has 0 bridgehead atoms. The average molecular weight is 314 g/mol. The van der Waals surface area contributed by atoms with E-state index in [9.17, 15) is 13.6 Å². The number of benzene rings is 1. The first-order valence-corrected chi connectivity index (χ1v) is 7.28. The van der Waals surface area contributed by atoms with Gasteiger partial charge in [-0.2, -0.15) is 0 Å². The molecule has 0 aliphatic heterocycles. The minimum atomic E-state index is -2.36. The fourth-order valence-corrected chi connectivity index (χ4v) is 1.71. The van der Waals surface area contributed by atoms with Crippen LogP contribution in [-0.4, -0.2) is 30.7 Å². The minimum Gasteiger partial charge on any atom is -0.444 e. The summed E-state index contributed by atoms with van der Waals surface area (Å²) < 4.78 is 29.8. The first-order chi connectivity index (χ1) is 10.2. The second-order valence-corrected chi connectivity index (χ2v) is 6.15. The maximum Gasteiger partial charge on any atom is 0.412 e. The minimum absolute atomic E-state index is 0.477. The Kier molecular flexibility index (Phi) is 6.74. The molecule has 0 saturated heterocycles. The van der Waals surface area contributed by atoms with Gasteiger partial charge in [-0.25, -0.2) is 13.6 Å². The highest BCUT2D eigenvalue weighted by Gasteiger charge is 2.16. The first-order valence-electron chi connectivity index (χ1n) is 7.28. The van der Waals surface area contributed by atoms with Gasteiger partial charge in [-0.15, -0.1) is 0 Å². The van der Waals surface area contributed by atoms with Crippen molar-refractivity contribution in [2.75, 3.05) is 11.9 Å². The highest BCUT2D eigenvalue weighted by Crippen LogP contribution is 2.13. The first kappa shape index (κ1) is 18.4. The number of hydrogen-bond acceptors (Lipinski definition) is 3. The smallest absolute Gasteiger partial charge is 0.412 e. The monoisotopic (exact) mass is 314 g/mol. The zero-order chi connectivity index (χ0) is 16.8. The van der Waals surface area contributed by atoms with Crippen molar-refractivity contribution in [3.63, 3.8) is 0 Å². The molecule has 1 aromatic carbocycles. The Bertz CT molecular complexity index is 470. The Morgan fingerprint density at radius 1 is 1.23 bits per heavy atom. The van der Waals surface area contributed by atoms with E-state index in [0.717, 1.165) is 5.56 Å². The molecule has 4 nitrogen and oxygen atoms in total. The van der Waals surface area contributed by atoms with Crippen LogP contribution in [0.3, 0.4) is 0 Å². The summed E-state index contributed by atoms with van der Waals surface area (Å²) >= 11 is 0. The molecule has 124 valence electrons. The predicted molar refractivity (Wildman–Crippen MR) is 83.5 cm³/mol. The average Bonchev–Trinajstić information content (AvgIpc) is 2.38.